The van der Waals surface area contributed by atoms with Gasteiger partial charge in [-0.1, -0.05) is 19.1 Å². The molecule has 2 rings (SSSR count). The van der Waals surface area contributed by atoms with Crippen LogP contribution in [0.25, 0.3) is 0 Å². The molecule has 3 nitrogen and oxygen atoms in total. The molecule has 88 valence electrons. The molecule has 0 atom stereocenters. The van der Waals surface area contributed by atoms with Crippen molar-refractivity contribution in [3.8, 4) is 0 Å². The second kappa shape index (κ2) is 5.32. The maximum absolute atomic E-state index is 6.01. The Bertz CT molecular complexity index is 343. The summed E-state index contributed by atoms with van der Waals surface area (Å²) in [7, 11) is 0. The largest absolute Gasteiger partial charge is 0.398 e. The van der Waals surface area contributed by atoms with E-state index in [2.05, 4.69) is 35.3 Å². The smallest absolute Gasteiger partial charge is 0.0349 e. The van der Waals surface area contributed by atoms with Crippen LogP contribution < -0.4 is 11.1 Å². The Balaban J connectivity index is 2.01. The fourth-order valence-corrected chi connectivity index (χ4v) is 2.19. The topological polar surface area (TPSA) is 41.3 Å². The Morgan fingerprint density at radius 2 is 2.06 bits per heavy atom. The molecule has 0 spiro atoms. The molecule has 16 heavy (non-hydrogen) atoms. The number of aryl methyl sites for hydroxylation is 1. The zero-order chi connectivity index (χ0) is 11.4. The first-order valence-electron chi connectivity index (χ1n) is 6.10. The Morgan fingerprint density at radius 3 is 2.69 bits per heavy atom. The molecule has 1 aromatic rings. The lowest BCUT2D eigenvalue weighted by Gasteiger charge is -2.27. The minimum atomic E-state index is 0.940. The van der Waals surface area contributed by atoms with Crippen molar-refractivity contribution >= 4 is 5.69 Å². The molecule has 0 aliphatic carbocycles. The molecule has 0 radical (unpaired) electrons. The molecule has 0 saturated carbocycles. The van der Waals surface area contributed by atoms with Crippen LogP contribution in [0.2, 0.25) is 0 Å². The standard InChI is InChI=1S/C13H21N3/c1-2-12-4-3-11(9-13(12)14)10-16-7-5-15-6-8-16/h3-4,9,15H,2,5-8,10,14H2,1H3. The van der Waals surface area contributed by atoms with Gasteiger partial charge in [0.15, 0.2) is 0 Å². The number of rotatable bonds is 3. The van der Waals surface area contributed by atoms with Gasteiger partial charge in [-0.15, -0.1) is 0 Å². The van der Waals surface area contributed by atoms with E-state index in [0.717, 1.165) is 44.8 Å². The van der Waals surface area contributed by atoms with Crippen molar-refractivity contribution in [1.82, 2.24) is 10.2 Å². The number of piperazine rings is 1. The minimum absolute atomic E-state index is 0.940. The summed E-state index contributed by atoms with van der Waals surface area (Å²) in [5, 5.41) is 3.36. The van der Waals surface area contributed by atoms with E-state index < -0.39 is 0 Å². The summed E-state index contributed by atoms with van der Waals surface area (Å²) in [6, 6.07) is 6.49. The van der Waals surface area contributed by atoms with E-state index in [-0.39, 0.29) is 0 Å². The van der Waals surface area contributed by atoms with Gasteiger partial charge in [0.2, 0.25) is 0 Å². The molecule has 1 heterocycles. The number of nitrogens with one attached hydrogen (secondary N) is 1. The fourth-order valence-electron chi connectivity index (χ4n) is 2.19. The Kier molecular flexibility index (Phi) is 3.80. The molecule has 1 aliphatic rings. The van der Waals surface area contributed by atoms with E-state index in [1.807, 2.05) is 0 Å². The highest BCUT2D eigenvalue weighted by Gasteiger charge is 2.10. The fraction of sp³-hybridized carbons (Fsp3) is 0.538. The van der Waals surface area contributed by atoms with E-state index in [0.29, 0.717) is 0 Å². The van der Waals surface area contributed by atoms with E-state index in [1.165, 1.54) is 11.1 Å². The number of hydrogen-bond acceptors (Lipinski definition) is 3. The molecule has 1 saturated heterocycles. The normalized spacial score (nSPS) is 17.6. The quantitative estimate of drug-likeness (QED) is 0.751. The van der Waals surface area contributed by atoms with Gasteiger partial charge in [-0.3, -0.25) is 4.90 Å². The molecular weight excluding hydrogens is 198 g/mol. The molecule has 1 aromatic carbocycles. The van der Waals surface area contributed by atoms with Crippen LogP contribution >= 0.6 is 0 Å². The lowest BCUT2D eigenvalue weighted by Crippen LogP contribution is -2.42. The van der Waals surface area contributed by atoms with Gasteiger partial charge in [0.05, 0.1) is 0 Å². The third-order valence-corrected chi connectivity index (χ3v) is 3.21. The predicted molar refractivity (Wildman–Crippen MR) is 68.4 cm³/mol. The van der Waals surface area contributed by atoms with Crippen LogP contribution in [0.15, 0.2) is 18.2 Å². The Labute approximate surface area is 97.6 Å². The first-order valence-corrected chi connectivity index (χ1v) is 6.10. The van der Waals surface area contributed by atoms with Gasteiger partial charge in [-0.05, 0) is 23.6 Å². The van der Waals surface area contributed by atoms with Crippen LogP contribution in [0.3, 0.4) is 0 Å². The third kappa shape index (κ3) is 2.74. The van der Waals surface area contributed by atoms with Gasteiger partial charge in [0.1, 0.15) is 0 Å². The van der Waals surface area contributed by atoms with Gasteiger partial charge in [-0.25, -0.2) is 0 Å². The predicted octanol–water partition coefficient (Wildman–Crippen LogP) is 1.24. The molecule has 0 amide bonds. The van der Waals surface area contributed by atoms with Crippen molar-refractivity contribution in [3.63, 3.8) is 0 Å². The highest BCUT2D eigenvalue weighted by Crippen LogP contribution is 2.16. The molecule has 0 aromatic heterocycles. The monoisotopic (exact) mass is 219 g/mol. The van der Waals surface area contributed by atoms with Crippen molar-refractivity contribution in [2.24, 2.45) is 0 Å². The molecule has 0 bridgehead atoms. The molecule has 1 fully saturated rings. The van der Waals surface area contributed by atoms with Crippen LogP contribution in [-0.4, -0.2) is 31.1 Å². The maximum atomic E-state index is 6.01. The van der Waals surface area contributed by atoms with Crippen molar-refractivity contribution in [3.05, 3.63) is 29.3 Å². The highest BCUT2D eigenvalue weighted by atomic mass is 15.2. The van der Waals surface area contributed by atoms with Crippen molar-refractivity contribution in [1.29, 1.82) is 0 Å². The highest BCUT2D eigenvalue weighted by molar-refractivity contribution is 5.49. The molecule has 1 aliphatic heterocycles. The number of nitrogens with zero attached hydrogens (tertiary/aromatic N) is 1. The Morgan fingerprint density at radius 1 is 1.31 bits per heavy atom. The summed E-state index contributed by atoms with van der Waals surface area (Å²) in [5.74, 6) is 0. The van der Waals surface area contributed by atoms with Gasteiger partial charge in [-0.2, -0.15) is 0 Å². The van der Waals surface area contributed by atoms with E-state index >= 15 is 0 Å². The third-order valence-electron chi connectivity index (χ3n) is 3.21. The zero-order valence-corrected chi connectivity index (χ0v) is 10.00. The first-order chi connectivity index (χ1) is 7.79. The average Bonchev–Trinajstić information content (AvgIpc) is 2.31. The van der Waals surface area contributed by atoms with E-state index in [4.69, 9.17) is 5.73 Å². The van der Waals surface area contributed by atoms with Gasteiger partial charge in [0.25, 0.3) is 0 Å². The van der Waals surface area contributed by atoms with Gasteiger partial charge >= 0.3 is 0 Å². The average molecular weight is 219 g/mol. The van der Waals surface area contributed by atoms with E-state index in [9.17, 15) is 0 Å². The van der Waals surface area contributed by atoms with Crippen LogP contribution in [0, 0.1) is 0 Å². The number of anilines is 1. The zero-order valence-electron chi connectivity index (χ0n) is 10.00. The van der Waals surface area contributed by atoms with Crippen molar-refractivity contribution < 1.29 is 0 Å². The summed E-state index contributed by atoms with van der Waals surface area (Å²) in [6.07, 6.45) is 1.01. The van der Waals surface area contributed by atoms with Crippen LogP contribution in [0.1, 0.15) is 18.1 Å². The lowest BCUT2D eigenvalue weighted by atomic mass is 10.1. The van der Waals surface area contributed by atoms with Gasteiger partial charge < -0.3 is 11.1 Å². The number of nitrogens with two attached hydrogens (primary N) is 1. The summed E-state index contributed by atoms with van der Waals surface area (Å²) < 4.78 is 0. The second-order valence-corrected chi connectivity index (χ2v) is 4.41. The molecular formula is C13H21N3. The SMILES string of the molecule is CCc1ccc(CN2CCNCC2)cc1N. The first kappa shape index (κ1) is 11.4. The Hall–Kier alpha value is -1.06. The molecule has 3 heteroatoms. The summed E-state index contributed by atoms with van der Waals surface area (Å²) in [6.45, 7) is 7.63. The van der Waals surface area contributed by atoms with Crippen molar-refractivity contribution in [2.75, 3.05) is 31.9 Å². The maximum Gasteiger partial charge on any atom is 0.0349 e. The summed E-state index contributed by atoms with van der Waals surface area (Å²) in [5.41, 5.74) is 9.53. The summed E-state index contributed by atoms with van der Waals surface area (Å²) in [4.78, 5) is 2.47. The van der Waals surface area contributed by atoms with Crippen LogP contribution in [-0.2, 0) is 13.0 Å². The molecule has 3 N–H and O–H groups in total. The van der Waals surface area contributed by atoms with Crippen molar-refractivity contribution in [2.45, 2.75) is 19.9 Å². The molecule has 0 unspecified atom stereocenters. The van der Waals surface area contributed by atoms with Crippen LogP contribution in [0.5, 0.6) is 0 Å². The minimum Gasteiger partial charge on any atom is -0.398 e. The van der Waals surface area contributed by atoms with E-state index in [1.54, 1.807) is 0 Å². The van der Waals surface area contributed by atoms with Gasteiger partial charge in [0, 0.05) is 38.4 Å². The van der Waals surface area contributed by atoms with Crippen LogP contribution in [0.4, 0.5) is 5.69 Å². The second-order valence-electron chi connectivity index (χ2n) is 4.41. The lowest BCUT2D eigenvalue weighted by molar-refractivity contribution is 0.233. The number of benzene rings is 1. The number of nitrogen functional groups attached to an aromatic ring is 1. The number of hydrogen-bond donors (Lipinski definition) is 2. The summed E-state index contributed by atoms with van der Waals surface area (Å²) >= 11 is 0.